The lowest BCUT2D eigenvalue weighted by Crippen LogP contribution is -2.14. The van der Waals surface area contributed by atoms with Crippen LogP contribution in [0.25, 0.3) is 16.9 Å². The molecular formula is C25H26N4O2S. The number of nitrogens with one attached hydrogen (secondary N) is 1. The number of rotatable bonds is 7. The van der Waals surface area contributed by atoms with Gasteiger partial charge in [0.1, 0.15) is 0 Å². The molecule has 0 aliphatic carbocycles. The maximum Gasteiger partial charge on any atom is 0.238 e. The molecule has 32 heavy (non-hydrogen) atoms. The standard InChI is InChI=1S/C25H26N4O2S/c1-18-6-10-23(11-7-18)29-17-22(25(28-29)21-5-3-4-19(2)14-21)16-27-15-20-8-12-24(13-9-20)32(26,30)31/h3-14,17,27H,15-16H2,1-2H3,(H2,26,30,31). The van der Waals surface area contributed by atoms with E-state index in [1.807, 2.05) is 10.7 Å². The molecule has 0 fully saturated rings. The zero-order valence-electron chi connectivity index (χ0n) is 18.1. The highest BCUT2D eigenvalue weighted by Crippen LogP contribution is 2.25. The lowest BCUT2D eigenvalue weighted by molar-refractivity contribution is 0.597. The van der Waals surface area contributed by atoms with Crippen molar-refractivity contribution in [1.82, 2.24) is 15.1 Å². The summed E-state index contributed by atoms with van der Waals surface area (Å²) in [6, 6.07) is 23.2. The van der Waals surface area contributed by atoms with E-state index in [4.69, 9.17) is 10.2 Å². The van der Waals surface area contributed by atoms with Gasteiger partial charge in [-0.3, -0.25) is 0 Å². The van der Waals surface area contributed by atoms with Gasteiger partial charge in [0.25, 0.3) is 0 Å². The second kappa shape index (κ2) is 9.08. The summed E-state index contributed by atoms with van der Waals surface area (Å²) in [6.07, 6.45) is 2.05. The van der Waals surface area contributed by atoms with E-state index in [2.05, 4.69) is 67.8 Å². The second-order valence-electron chi connectivity index (χ2n) is 7.95. The number of aryl methyl sites for hydroxylation is 2. The molecule has 0 bridgehead atoms. The van der Waals surface area contributed by atoms with Crippen molar-refractivity contribution >= 4 is 10.0 Å². The van der Waals surface area contributed by atoms with Gasteiger partial charge >= 0.3 is 0 Å². The van der Waals surface area contributed by atoms with Crippen molar-refractivity contribution in [3.63, 3.8) is 0 Å². The molecule has 0 saturated carbocycles. The minimum absolute atomic E-state index is 0.113. The Balaban J connectivity index is 1.57. The molecule has 0 aliphatic rings. The van der Waals surface area contributed by atoms with E-state index in [-0.39, 0.29) is 4.90 Å². The quantitative estimate of drug-likeness (QED) is 0.447. The molecule has 0 radical (unpaired) electrons. The minimum atomic E-state index is -3.68. The zero-order chi connectivity index (χ0) is 22.7. The third kappa shape index (κ3) is 5.13. The van der Waals surface area contributed by atoms with Crippen LogP contribution in [0.4, 0.5) is 0 Å². The molecule has 0 amide bonds. The van der Waals surface area contributed by atoms with Gasteiger partial charge in [-0.15, -0.1) is 0 Å². The molecule has 4 aromatic rings. The van der Waals surface area contributed by atoms with Crippen molar-refractivity contribution in [3.05, 3.63) is 101 Å². The Hall–Kier alpha value is -3.26. The number of sulfonamides is 1. The third-order valence-corrected chi connectivity index (χ3v) is 6.21. The number of hydrogen-bond donors (Lipinski definition) is 2. The van der Waals surface area contributed by atoms with Crippen molar-refractivity contribution in [1.29, 1.82) is 0 Å². The van der Waals surface area contributed by atoms with Gasteiger partial charge in [0, 0.05) is 30.4 Å². The fourth-order valence-electron chi connectivity index (χ4n) is 3.54. The highest BCUT2D eigenvalue weighted by Gasteiger charge is 2.13. The van der Waals surface area contributed by atoms with Gasteiger partial charge in [-0.25, -0.2) is 18.2 Å². The monoisotopic (exact) mass is 446 g/mol. The van der Waals surface area contributed by atoms with Crippen molar-refractivity contribution < 1.29 is 8.42 Å². The van der Waals surface area contributed by atoms with Crippen LogP contribution < -0.4 is 10.5 Å². The topological polar surface area (TPSA) is 90.0 Å². The van der Waals surface area contributed by atoms with Gasteiger partial charge in [0.05, 0.1) is 16.3 Å². The maximum atomic E-state index is 11.4. The lowest BCUT2D eigenvalue weighted by Gasteiger charge is -2.07. The predicted molar refractivity (Wildman–Crippen MR) is 127 cm³/mol. The number of aromatic nitrogens is 2. The summed E-state index contributed by atoms with van der Waals surface area (Å²) in [7, 11) is -3.68. The van der Waals surface area contributed by atoms with E-state index in [9.17, 15) is 8.42 Å². The first kappa shape index (κ1) is 22.0. The van der Waals surface area contributed by atoms with Gasteiger partial charge < -0.3 is 5.32 Å². The maximum absolute atomic E-state index is 11.4. The Bertz CT molecular complexity index is 1330. The fraction of sp³-hybridized carbons (Fsp3) is 0.160. The molecule has 6 nitrogen and oxygen atoms in total. The van der Waals surface area contributed by atoms with E-state index in [0.717, 1.165) is 28.1 Å². The van der Waals surface area contributed by atoms with E-state index >= 15 is 0 Å². The highest BCUT2D eigenvalue weighted by atomic mass is 32.2. The van der Waals surface area contributed by atoms with Crippen LogP contribution in [-0.4, -0.2) is 18.2 Å². The van der Waals surface area contributed by atoms with Crippen LogP contribution in [0.5, 0.6) is 0 Å². The van der Waals surface area contributed by atoms with Gasteiger partial charge in [0.2, 0.25) is 10.0 Å². The van der Waals surface area contributed by atoms with Gasteiger partial charge in [-0.1, -0.05) is 53.6 Å². The number of hydrogen-bond acceptors (Lipinski definition) is 4. The first-order valence-electron chi connectivity index (χ1n) is 10.3. The summed E-state index contributed by atoms with van der Waals surface area (Å²) in [5.41, 5.74) is 7.46. The average molecular weight is 447 g/mol. The normalized spacial score (nSPS) is 11.6. The Kier molecular flexibility index (Phi) is 6.23. The van der Waals surface area contributed by atoms with E-state index < -0.39 is 10.0 Å². The molecule has 0 atom stereocenters. The summed E-state index contributed by atoms with van der Waals surface area (Å²) in [4.78, 5) is 0.113. The molecule has 0 aliphatic heterocycles. The molecule has 164 valence electrons. The second-order valence-corrected chi connectivity index (χ2v) is 9.51. The summed E-state index contributed by atoms with van der Waals surface area (Å²) in [5, 5.41) is 13.5. The molecule has 0 saturated heterocycles. The summed E-state index contributed by atoms with van der Waals surface area (Å²) < 4.78 is 24.8. The van der Waals surface area contributed by atoms with Crippen LogP contribution in [-0.2, 0) is 23.1 Å². The van der Waals surface area contributed by atoms with Crippen LogP contribution in [0.3, 0.4) is 0 Å². The molecule has 1 aromatic heterocycles. The third-order valence-electron chi connectivity index (χ3n) is 5.28. The zero-order valence-corrected chi connectivity index (χ0v) is 18.9. The molecule has 3 aromatic carbocycles. The number of benzene rings is 3. The number of primary sulfonamides is 1. The lowest BCUT2D eigenvalue weighted by atomic mass is 10.1. The largest absolute Gasteiger partial charge is 0.308 e. The summed E-state index contributed by atoms with van der Waals surface area (Å²) in [5.74, 6) is 0. The Morgan fingerprint density at radius 2 is 1.62 bits per heavy atom. The minimum Gasteiger partial charge on any atom is -0.308 e. The first-order valence-corrected chi connectivity index (χ1v) is 11.9. The predicted octanol–water partition coefficient (Wildman–Crippen LogP) is 4.09. The molecule has 3 N–H and O–H groups in total. The first-order chi connectivity index (χ1) is 15.3. The Morgan fingerprint density at radius 3 is 2.28 bits per heavy atom. The van der Waals surface area contributed by atoms with Crippen molar-refractivity contribution in [3.8, 4) is 16.9 Å². The van der Waals surface area contributed by atoms with Crippen LogP contribution >= 0.6 is 0 Å². The van der Waals surface area contributed by atoms with Crippen LogP contribution in [0.1, 0.15) is 22.3 Å². The Labute approximate surface area is 188 Å². The van der Waals surface area contributed by atoms with E-state index in [1.165, 1.54) is 23.3 Å². The smallest absolute Gasteiger partial charge is 0.238 e. The average Bonchev–Trinajstić information content (AvgIpc) is 3.18. The van der Waals surface area contributed by atoms with Crippen molar-refractivity contribution in [2.45, 2.75) is 31.8 Å². The molecular weight excluding hydrogens is 420 g/mol. The Morgan fingerprint density at radius 1 is 0.906 bits per heavy atom. The van der Waals surface area contributed by atoms with Gasteiger partial charge in [0.15, 0.2) is 0 Å². The summed E-state index contributed by atoms with van der Waals surface area (Å²) >= 11 is 0. The van der Waals surface area contributed by atoms with Crippen molar-refractivity contribution in [2.24, 2.45) is 5.14 Å². The molecule has 0 spiro atoms. The van der Waals surface area contributed by atoms with Gasteiger partial charge in [-0.05, 0) is 49.7 Å². The van der Waals surface area contributed by atoms with E-state index in [1.54, 1.807) is 12.1 Å². The number of nitrogens with zero attached hydrogens (tertiary/aromatic N) is 2. The van der Waals surface area contributed by atoms with Crippen LogP contribution in [0.2, 0.25) is 0 Å². The highest BCUT2D eigenvalue weighted by molar-refractivity contribution is 7.89. The van der Waals surface area contributed by atoms with Gasteiger partial charge in [-0.2, -0.15) is 5.10 Å². The van der Waals surface area contributed by atoms with Crippen LogP contribution in [0, 0.1) is 13.8 Å². The van der Waals surface area contributed by atoms with Crippen LogP contribution in [0.15, 0.2) is 83.9 Å². The molecule has 1 heterocycles. The fourth-order valence-corrected chi connectivity index (χ4v) is 4.06. The summed E-state index contributed by atoms with van der Waals surface area (Å²) in [6.45, 7) is 5.35. The SMILES string of the molecule is Cc1ccc(-n2cc(CNCc3ccc(S(N)(=O)=O)cc3)c(-c3cccc(C)c3)n2)cc1. The molecule has 4 rings (SSSR count). The van der Waals surface area contributed by atoms with Crippen molar-refractivity contribution in [2.75, 3.05) is 0 Å². The van der Waals surface area contributed by atoms with E-state index in [0.29, 0.717) is 13.1 Å². The molecule has 0 unspecified atom stereocenters. The molecule has 7 heteroatoms. The number of nitrogens with two attached hydrogens (primary N) is 1.